The lowest BCUT2D eigenvalue weighted by atomic mass is 10.0. The topological polar surface area (TPSA) is 102 Å². The first-order chi connectivity index (χ1) is 14.3. The number of hydrogen-bond acceptors (Lipinski definition) is 5. The highest BCUT2D eigenvalue weighted by molar-refractivity contribution is 6.03. The van der Waals surface area contributed by atoms with E-state index in [-0.39, 0.29) is 36.4 Å². The molecule has 0 saturated carbocycles. The summed E-state index contributed by atoms with van der Waals surface area (Å²) in [6.45, 7) is 3.15. The molecule has 0 radical (unpaired) electrons. The Kier molecular flexibility index (Phi) is 6.61. The van der Waals surface area contributed by atoms with Gasteiger partial charge in [0.15, 0.2) is 12.4 Å². The van der Waals surface area contributed by atoms with Gasteiger partial charge >= 0.3 is 5.97 Å². The average molecular weight is 408 g/mol. The lowest BCUT2D eigenvalue weighted by Gasteiger charge is -2.20. The molecule has 2 aromatic rings. The maximum atomic E-state index is 12.5. The molecular weight excluding hydrogens is 384 g/mol. The van der Waals surface area contributed by atoms with Crippen LogP contribution in [0.5, 0.6) is 0 Å². The number of Topliss-reactive ketones (excluding diaryl/α,β-unsaturated/α-hetero) is 1. The minimum atomic E-state index is -0.851. The van der Waals surface area contributed by atoms with Gasteiger partial charge in [-0.1, -0.05) is 44.2 Å². The Hall–Kier alpha value is -3.48. The fourth-order valence-corrected chi connectivity index (χ4v) is 3.22. The highest BCUT2D eigenvalue weighted by Gasteiger charge is 2.27. The Balaban J connectivity index is 1.56. The highest BCUT2D eigenvalue weighted by atomic mass is 16.5. The monoisotopic (exact) mass is 408 g/mol. The Morgan fingerprint density at radius 3 is 2.53 bits per heavy atom. The van der Waals surface area contributed by atoms with E-state index in [0.717, 1.165) is 11.1 Å². The van der Waals surface area contributed by atoms with Crippen molar-refractivity contribution in [2.75, 3.05) is 11.9 Å². The first-order valence-electron chi connectivity index (χ1n) is 9.79. The van der Waals surface area contributed by atoms with Crippen molar-refractivity contribution >= 4 is 29.3 Å². The Morgan fingerprint density at radius 2 is 1.83 bits per heavy atom. The van der Waals surface area contributed by atoms with Crippen molar-refractivity contribution in [3.63, 3.8) is 0 Å². The number of rotatable bonds is 8. The molecule has 1 aliphatic rings. The van der Waals surface area contributed by atoms with Gasteiger partial charge in [0.2, 0.25) is 11.8 Å². The van der Waals surface area contributed by atoms with Crippen LogP contribution in [0.3, 0.4) is 0 Å². The summed E-state index contributed by atoms with van der Waals surface area (Å²) in [5.41, 5.74) is 2.64. The van der Waals surface area contributed by atoms with Gasteiger partial charge in [-0.3, -0.25) is 14.4 Å². The van der Waals surface area contributed by atoms with Crippen LogP contribution in [0.15, 0.2) is 48.5 Å². The predicted molar refractivity (Wildman–Crippen MR) is 111 cm³/mol. The third-order valence-electron chi connectivity index (χ3n) is 4.84. The number of nitrogens with one attached hydrogen (secondary N) is 2. The maximum absolute atomic E-state index is 12.5. The summed E-state index contributed by atoms with van der Waals surface area (Å²) in [5, 5.41) is 5.40. The third-order valence-corrected chi connectivity index (χ3v) is 4.84. The van der Waals surface area contributed by atoms with Crippen molar-refractivity contribution in [1.29, 1.82) is 0 Å². The van der Waals surface area contributed by atoms with E-state index in [1.807, 2.05) is 30.3 Å². The van der Waals surface area contributed by atoms with E-state index in [2.05, 4.69) is 10.6 Å². The van der Waals surface area contributed by atoms with E-state index in [0.29, 0.717) is 11.3 Å². The Morgan fingerprint density at radius 1 is 1.10 bits per heavy atom. The zero-order valence-corrected chi connectivity index (χ0v) is 16.9. The van der Waals surface area contributed by atoms with Crippen molar-refractivity contribution in [2.45, 2.75) is 32.7 Å². The SMILES string of the molecule is CC(C)[C@H](NC(=O)Cc1ccccc1)C(=O)OCC(=O)c1ccc2c(c1)CC(=O)N2. The maximum Gasteiger partial charge on any atom is 0.329 e. The van der Waals surface area contributed by atoms with Gasteiger partial charge in [0.05, 0.1) is 12.8 Å². The van der Waals surface area contributed by atoms with E-state index >= 15 is 0 Å². The molecule has 156 valence electrons. The summed E-state index contributed by atoms with van der Waals surface area (Å²) < 4.78 is 5.19. The van der Waals surface area contributed by atoms with Gasteiger partial charge in [0.25, 0.3) is 0 Å². The lowest BCUT2D eigenvalue weighted by molar-refractivity contribution is -0.148. The molecule has 0 bridgehead atoms. The van der Waals surface area contributed by atoms with E-state index < -0.39 is 18.6 Å². The van der Waals surface area contributed by atoms with Crippen LogP contribution in [0.4, 0.5) is 5.69 Å². The van der Waals surface area contributed by atoms with Crippen LogP contribution in [0.1, 0.15) is 35.3 Å². The summed E-state index contributed by atoms with van der Waals surface area (Å²) in [4.78, 5) is 48.7. The fourth-order valence-electron chi connectivity index (χ4n) is 3.22. The molecule has 2 N–H and O–H groups in total. The van der Waals surface area contributed by atoms with Crippen LogP contribution in [0.25, 0.3) is 0 Å². The fraction of sp³-hybridized carbons (Fsp3) is 0.304. The molecular formula is C23H24N2O5. The van der Waals surface area contributed by atoms with Crippen molar-refractivity contribution in [1.82, 2.24) is 5.32 Å². The van der Waals surface area contributed by atoms with Crippen molar-refractivity contribution < 1.29 is 23.9 Å². The summed E-state index contributed by atoms with van der Waals surface area (Å²) in [7, 11) is 0. The normalized spacial score (nSPS) is 13.4. The summed E-state index contributed by atoms with van der Waals surface area (Å²) >= 11 is 0. The standard InChI is InChI=1S/C23H24N2O5/c1-14(2)22(25-20(27)10-15-6-4-3-5-7-15)23(29)30-13-19(26)16-8-9-18-17(11-16)12-21(28)24-18/h3-9,11,14,22H,10,12-13H2,1-2H3,(H,24,28)(H,25,27)/t22-/m0/s1. The van der Waals surface area contributed by atoms with Gasteiger partial charge in [0.1, 0.15) is 6.04 Å². The number of benzene rings is 2. The molecule has 30 heavy (non-hydrogen) atoms. The highest BCUT2D eigenvalue weighted by Crippen LogP contribution is 2.24. The summed E-state index contributed by atoms with van der Waals surface area (Å²) in [6, 6.07) is 13.2. The molecule has 0 aromatic heterocycles. The Bertz CT molecular complexity index is 969. The molecule has 0 aliphatic carbocycles. The van der Waals surface area contributed by atoms with Gasteiger partial charge < -0.3 is 15.4 Å². The molecule has 0 spiro atoms. The minimum Gasteiger partial charge on any atom is -0.456 e. The number of ketones is 1. The smallest absolute Gasteiger partial charge is 0.329 e. The quantitative estimate of drug-likeness (QED) is 0.516. The average Bonchev–Trinajstić information content (AvgIpc) is 3.09. The van der Waals surface area contributed by atoms with Gasteiger partial charge in [0, 0.05) is 11.3 Å². The van der Waals surface area contributed by atoms with Crippen LogP contribution >= 0.6 is 0 Å². The van der Waals surface area contributed by atoms with Crippen molar-refractivity contribution in [3.05, 3.63) is 65.2 Å². The van der Waals surface area contributed by atoms with Crippen LogP contribution in [0, 0.1) is 5.92 Å². The number of carbonyl (C=O) groups excluding carboxylic acids is 4. The molecule has 7 heteroatoms. The molecule has 0 saturated heterocycles. The number of ether oxygens (including phenoxy) is 1. The Labute approximate surface area is 174 Å². The second kappa shape index (κ2) is 9.35. The van der Waals surface area contributed by atoms with Crippen LogP contribution < -0.4 is 10.6 Å². The number of esters is 1. The van der Waals surface area contributed by atoms with Crippen LogP contribution in [-0.4, -0.2) is 36.2 Å². The van der Waals surface area contributed by atoms with Gasteiger partial charge in [-0.25, -0.2) is 4.79 Å². The van der Waals surface area contributed by atoms with Gasteiger partial charge in [-0.2, -0.15) is 0 Å². The van der Waals surface area contributed by atoms with E-state index in [1.54, 1.807) is 32.0 Å². The molecule has 7 nitrogen and oxygen atoms in total. The molecule has 0 unspecified atom stereocenters. The van der Waals surface area contributed by atoms with Crippen LogP contribution in [0.2, 0.25) is 0 Å². The predicted octanol–water partition coefficient (Wildman–Crippen LogP) is 2.29. The van der Waals surface area contributed by atoms with Gasteiger partial charge in [-0.05, 0) is 35.2 Å². The second-order valence-corrected chi connectivity index (χ2v) is 7.58. The van der Waals surface area contributed by atoms with E-state index in [1.165, 1.54) is 0 Å². The minimum absolute atomic E-state index is 0.118. The van der Waals surface area contributed by atoms with Crippen LogP contribution in [-0.2, 0) is 32.0 Å². The lowest BCUT2D eigenvalue weighted by Crippen LogP contribution is -2.46. The van der Waals surface area contributed by atoms with E-state index in [9.17, 15) is 19.2 Å². The second-order valence-electron chi connectivity index (χ2n) is 7.58. The zero-order chi connectivity index (χ0) is 21.7. The molecule has 0 fully saturated rings. The molecule has 1 heterocycles. The third kappa shape index (κ3) is 5.31. The number of amides is 2. The molecule has 2 amide bonds. The van der Waals surface area contributed by atoms with Crippen molar-refractivity contribution in [2.24, 2.45) is 5.92 Å². The molecule has 2 aromatic carbocycles. The van der Waals surface area contributed by atoms with E-state index in [4.69, 9.17) is 4.74 Å². The van der Waals surface area contributed by atoms with Crippen molar-refractivity contribution in [3.8, 4) is 0 Å². The zero-order valence-electron chi connectivity index (χ0n) is 16.9. The largest absolute Gasteiger partial charge is 0.456 e. The summed E-state index contributed by atoms with van der Waals surface area (Å²) in [6.07, 6.45) is 0.372. The number of hydrogen-bond donors (Lipinski definition) is 2. The molecule has 1 aliphatic heterocycles. The number of anilines is 1. The number of carbonyl (C=O) groups is 4. The number of fused-ring (bicyclic) bond motifs is 1. The van der Waals surface area contributed by atoms with Gasteiger partial charge in [-0.15, -0.1) is 0 Å². The summed E-state index contributed by atoms with van der Waals surface area (Å²) in [5.74, 6) is -1.64. The molecule has 1 atom stereocenters. The first-order valence-corrected chi connectivity index (χ1v) is 9.79. The molecule has 3 rings (SSSR count). The first kappa shape index (κ1) is 21.2.